The van der Waals surface area contributed by atoms with E-state index in [4.69, 9.17) is 16.9 Å². The van der Waals surface area contributed by atoms with E-state index < -0.39 is 17.3 Å². The molecule has 4 aromatic rings. The number of carbonyl (C=O) groups is 3. The third-order valence-corrected chi connectivity index (χ3v) is 8.27. The van der Waals surface area contributed by atoms with Crippen LogP contribution in [0, 0.1) is 11.3 Å². The minimum Gasteiger partial charge on any atom is -0.478 e. The first-order chi connectivity index (χ1) is 20.9. The van der Waals surface area contributed by atoms with Crippen molar-refractivity contribution in [2.24, 2.45) is 17.4 Å². The normalized spacial score (nSPS) is 17.3. The van der Waals surface area contributed by atoms with Crippen LogP contribution in [0.3, 0.4) is 0 Å². The van der Waals surface area contributed by atoms with Gasteiger partial charge in [-0.3, -0.25) is 15.0 Å². The number of fused-ring (bicyclic) bond motifs is 1. The molecule has 0 saturated carbocycles. The lowest BCUT2D eigenvalue weighted by Gasteiger charge is -2.42. The number of carboxylic acids is 1. The summed E-state index contributed by atoms with van der Waals surface area (Å²) < 4.78 is 0. The number of nitrogens with one attached hydrogen (secondary N) is 3. The first-order valence-electron chi connectivity index (χ1n) is 14.3. The third kappa shape index (κ3) is 5.76. The molecule has 1 aliphatic rings. The van der Waals surface area contributed by atoms with Crippen molar-refractivity contribution in [2.45, 2.75) is 38.6 Å². The van der Waals surface area contributed by atoms with Gasteiger partial charge < -0.3 is 27.2 Å². The maximum Gasteiger partial charge on any atom is 0.336 e. The van der Waals surface area contributed by atoms with Crippen molar-refractivity contribution in [1.82, 2.24) is 0 Å². The van der Waals surface area contributed by atoms with Crippen LogP contribution in [0.5, 0.6) is 0 Å². The second kappa shape index (κ2) is 11.7. The number of nitrogen functional groups attached to an aromatic ring is 1. The fourth-order valence-electron chi connectivity index (χ4n) is 5.82. The van der Waals surface area contributed by atoms with Crippen molar-refractivity contribution in [1.29, 1.82) is 5.41 Å². The number of amidine groups is 1. The molecule has 1 heterocycles. The Hall–Kier alpha value is -5.44. The van der Waals surface area contributed by atoms with Gasteiger partial charge in [0.1, 0.15) is 5.84 Å². The van der Waals surface area contributed by atoms with Gasteiger partial charge in [-0.1, -0.05) is 57.2 Å². The summed E-state index contributed by atoms with van der Waals surface area (Å²) in [5.74, 6) is -2.40. The average molecular weight is 590 g/mol. The molecule has 0 fully saturated rings. The zero-order valence-electron chi connectivity index (χ0n) is 24.8. The first-order valence-corrected chi connectivity index (χ1v) is 14.3. The van der Waals surface area contributed by atoms with Crippen molar-refractivity contribution in [3.8, 4) is 11.1 Å². The Labute approximate surface area is 255 Å². The molecule has 2 unspecified atom stereocenters. The number of hydrogen-bond acceptors (Lipinski definition) is 5. The number of amides is 2. The van der Waals surface area contributed by atoms with Gasteiger partial charge in [-0.2, -0.15) is 0 Å². The van der Waals surface area contributed by atoms with E-state index >= 15 is 0 Å². The summed E-state index contributed by atoms with van der Waals surface area (Å²) >= 11 is 0. The Morgan fingerprint density at radius 3 is 2.30 bits per heavy atom. The van der Waals surface area contributed by atoms with Gasteiger partial charge in [-0.15, -0.1) is 0 Å². The standard InChI is InChI=1S/C35H35N5O4/c1-19(2)33(42)39-25-14-22(26-11-9-21(32(38)41)16-27(26)34(43)44)13-23(15-25)30-18-35(3,24-7-5-4-6-8-24)28-17-20(31(36)37)10-12-29(28)40-30/h4-17,19,30,40H,18H2,1-3H3,(H3,36,37)(H2,38,41)(H,39,42)(H,43,44). The fourth-order valence-corrected chi connectivity index (χ4v) is 5.82. The number of nitrogens with two attached hydrogens (primary N) is 2. The summed E-state index contributed by atoms with van der Waals surface area (Å²) in [5, 5.41) is 24.7. The van der Waals surface area contributed by atoms with Gasteiger partial charge in [0.25, 0.3) is 0 Å². The molecule has 224 valence electrons. The smallest absolute Gasteiger partial charge is 0.336 e. The van der Waals surface area contributed by atoms with Gasteiger partial charge in [0.2, 0.25) is 11.8 Å². The largest absolute Gasteiger partial charge is 0.478 e. The molecule has 8 N–H and O–H groups in total. The Morgan fingerprint density at radius 2 is 1.66 bits per heavy atom. The van der Waals surface area contributed by atoms with E-state index in [-0.39, 0.29) is 34.8 Å². The predicted molar refractivity (Wildman–Crippen MR) is 172 cm³/mol. The third-order valence-electron chi connectivity index (χ3n) is 8.27. The summed E-state index contributed by atoms with van der Waals surface area (Å²) in [6.07, 6.45) is 0.610. The SMILES string of the molecule is CC(C)C(=O)Nc1cc(-c2ccc(C(N)=O)cc2C(=O)O)cc(C2CC(C)(c3ccccc3)c3cc(C(=N)N)ccc3N2)c1. The molecule has 5 rings (SSSR count). The summed E-state index contributed by atoms with van der Waals surface area (Å²) in [6, 6.07) is 25.5. The van der Waals surface area contributed by atoms with Gasteiger partial charge in [0.15, 0.2) is 0 Å². The number of benzene rings is 4. The van der Waals surface area contributed by atoms with Crippen LogP contribution in [0.15, 0.2) is 84.9 Å². The molecular weight excluding hydrogens is 554 g/mol. The number of anilines is 2. The number of carbonyl (C=O) groups excluding carboxylic acids is 2. The van der Waals surface area contributed by atoms with Crippen molar-refractivity contribution >= 4 is 35.0 Å². The highest BCUT2D eigenvalue weighted by Crippen LogP contribution is 2.49. The van der Waals surface area contributed by atoms with Gasteiger partial charge in [-0.25, -0.2) is 4.79 Å². The predicted octanol–water partition coefficient (Wildman–Crippen LogP) is 5.89. The molecule has 0 bridgehead atoms. The Kier molecular flexibility index (Phi) is 7.97. The molecule has 0 spiro atoms. The van der Waals surface area contributed by atoms with Gasteiger partial charge in [0.05, 0.1) is 11.6 Å². The molecule has 44 heavy (non-hydrogen) atoms. The molecule has 1 aliphatic heterocycles. The lowest BCUT2D eigenvalue weighted by atomic mass is 9.68. The Morgan fingerprint density at radius 1 is 0.955 bits per heavy atom. The maximum absolute atomic E-state index is 12.8. The highest BCUT2D eigenvalue weighted by atomic mass is 16.4. The number of rotatable bonds is 8. The molecule has 0 saturated heterocycles. The van der Waals surface area contributed by atoms with Gasteiger partial charge in [0, 0.05) is 33.8 Å². The summed E-state index contributed by atoms with van der Waals surface area (Å²) in [5.41, 5.74) is 16.7. The average Bonchev–Trinajstić information content (AvgIpc) is 3.00. The zero-order chi connectivity index (χ0) is 31.8. The fraction of sp³-hybridized carbons (Fsp3) is 0.200. The second-order valence-electron chi connectivity index (χ2n) is 11.7. The van der Waals surface area contributed by atoms with Crippen LogP contribution in [0.2, 0.25) is 0 Å². The van der Waals surface area contributed by atoms with E-state index in [2.05, 4.69) is 29.7 Å². The van der Waals surface area contributed by atoms with Crippen LogP contribution < -0.4 is 22.1 Å². The Balaban J connectivity index is 1.69. The van der Waals surface area contributed by atoms with Crippen molar-refractivity contribution < 1.29 is 19.5 Å². The number of carboxylic acid groups (broad SMARTS) is 1. The van der Waals surface area contributed by atoms with Crippen molar-refractivity contribution in [3.63, 3.8) is 0 Å². The molecule has 9 heteroatoms. The molecule has 9 nitrogen and oxygen atoms in total. The topological polar surface area (TPSA) is 171 Å². The van der Waals surface area contributed by atoms with Gasteiger partial charge in [-0.05, 0) is 82.8 Å². The monoisotopic (exact) mass is 589 g/mol. The molecule has 4 aromatic carbocycles. The minimum atomic E-state index is -1.20. The molecular formula is C35H35N5O4. The molecule has 0 aliphatic carbocycles. The minimum absolute atomic E-state index is 0.0137. The molecule has 0 radical (unpaired) electrons. The van der Waals surface area contributed by atoms with Crippen LogP contribution in [0.1, 0.15) is 76.2 Å². The van der Waals surface area contributed by atoms with E-state index in [1.54, 1.807) is 26.0 Å². The van der Waals surface area contributed by atoms with Crippen molar-refractivity contribution in [2.75, 3.05) is 10.6 Å². The van der Waals surface area contributed by atoms with Crippen LogP contribution in [0.4, 0.5) is 11.4 Å². The summed E-state index contributed by atoms with van der Waals surface area (Å²) in [7, 11) is 0. The van der Waals surface area contributed by atoms with Crippen LogP contribution in [-0.2, 0) is 10.2 Å². The number of primary amides is 1. The molecule has 0 aromatic heterocycles. The Bertz CT molecular complexity index is 1800. The molecule has 2 amide bonds. The highest BCUT2D eigenvalue weighted by molar-refractivity contribution is 6.02. The molecule has 2 atom stereocenters. The van der Waals surface area contributed by atoms with E-state index in [1.165, 1.54) is 12.1 Å². The number of aromatic carboxylic acids is 1. The first kappa shape index (κ1) is 30.0. The van der Waals surface area contributed by atoms with Crippen molar-refractivity contribution in [3.05, 3.63) is 118 Å². The summed E-state index contributed by atoms with van der Waals surface area (Å²) in [4.78, 5) is 36.9. The maximum atomic E-state index is 12.8. The van der Waals surface area contributed by atoms with E-state index in [0.717, 1.165) is 22.4 Å². The van der Waals surface area contributed by atoms with Crippen LogP contribution in [-0.4, -0.2) is 28.7 Å². The van der Waals surface area contributed by atoms with E-state index in [0.29, 0.717) is 28.8 Å². The van der Waals surface area contributed by atoms with E-state index in [1.807, 2.05) is 48.5 Å². The second-order valence-corrected chi connectivity index (χ2v) is 11.7. The highest BCUT2D eigenvalue weighted by Gasteiger charge is 2.39. The quantitative estimate of drug-likeness (QED) is 0.110. The summed E-state index contributed by atoms with van der Waals surface area (Å²) in [6.45, 7) is 5.76. The zero-order valence-corrected chi connectivity index (χ0v) is 24.8. The van der Waals surface area contributed by atoms with Gasteiger partial charge >= 0.3 is 5.97 Å². The van der Waals surface area contributed by atoms with Crippen LogP contribution >= 0.6 is 0 Å². The van der Waals surface area contributed by atoms with E-state index in [9.17, 15) is 19.5 Å². The number of hydrogen-bond donors (Lipinski definition) is 6. The van der Waals surface area contributed by atoms with Crippen LogP contribution in [0.25, 0.3) is 11.1 Å². The lowest BCUT2D eigenvalue weighted by molar-refractivity contribution is -0.118. The lowest BCUT2D eigenvalue weighted by Crippen LogP contribution is -2.35.